The second-order valence-electron chi connectivity index (χ2n) is 4.69. The summed E-state index contributed by atoms with van der Waals surface area (Å²) in [4.78, 5) is 4.25. The van der Waals surface area contributed by atoms with Gasteiger partial charge < -0.3 is 9.84 Å². The maximum Gasteiger partial charge on any atom is 0.143 e. The Hall–Kier alpha value is -1.09. The minimum absolute atomic E-state index is 0.0470. The van der Waals surface area contributed by atoms with Crippen molar-refractivity contribution in [2.45, 2.75) is 32.3 Å². The van der Waals surface area contributed by atoms with Crippen LogP contribution in [0.3, 0.4) is 0 Å². The van der Waals surface area contributed by atoms with E-state index in [4.69, 9.17) is 4.74 Å². The average Bonchev–Trinajstić information content (AvgIpc) is 2.98. The fourth-order valence-electron chi connectivity index (χ4n) is 1.88. The van der Waals surface area contributed by atoms with Gasteiger partial charge in [0.05, 0.1) is 7.11 Å². The number of aliphatic hydroxyl groups is 1. The van der Waals surface area contributed by atoms with Crippen LogP contribution in [0.25, 0.3) is 0 Å². The highest BCUT2D eigenvalue weighted by Crippen LogP contribution is 2.58. The van der Waals surface area contributed by atoms with Gasteiger partial charge in [-0.3, -0.25) is 4.98 Å². The summed E-state index contributed by atoms with van der Waals surface area (Å²) >= 11 is 0. The van der Waals surface area contributed by atoms with E-state index >= 15 is 0 Å². The number of ether oxygens (including phenoxy) is 1. The molecule has 0 spiro atoms. The Morgan fingerprint density at radius 2 is 2.20 bits per heavy atom. The van der Waals surface area contributed by atoms with Gasteiger partial charge in [-0.05, 0) is 31.9 Å². The molecule has 1 aliphatic carbocycles. The maximum atomic E-state index is 10.6. The van der Waals surface area contributed by atoms with Crippen molar-refractivity contribution in [3.63, 3.8) is 0 Å². The van der Waals surface area contributed by atoms with Gasteiger partial charge in [-0.25, -0.2) is 0 Å². The van der Waals surface area contributed by atoms with E-state index in [0.717, 1.165) is 12.8 Å². The molecular formula is C12H17NO2. The van der Waals surface area contributed by atoms with Gasteiger partial charge in [0.1, 0.15) is 17.0 Å². The zero-order valence-electron chi connectivity index (χ0n) is 9.45. The number of methoxy groups -OCH3 is 1. The average molecular weight is 207 g/mol. The Kier molecular flexibility index (Phi) is 2.23. The lowest BCUT2D eigenvalue weighted by Gasteiger charge is -2.30. The van der Waals surface area contributed by atoms with E-state index in [-0.39, 0.29) is 5.41 Å². The van der Waals surface area contributed by atoms with Crippen LogP contribution in [0, 0.1) is 5.41 Å². The molecule has 1 aromatic heterocycles. The third kappa shape index (κ3) is 1.51. The molecule has 3 nitrogen and oxygen atoms in total. The second kappa shape index (κ2) is 3.20. The van der Waals surface area contributed by atoms with Crippen LogP contribution in [0.1, 0.15) is 32.4 Å². The molecule has 1 unspecified atom stereocenters. The molecule has 1 heterocycles. The maximum absolute atomic E-state index is 10.6. The molecule has 0 radical (unpaired) electrons. The van der Waals surface area contributed by atoms with Crippen molar-refractivity contribution in [3.8, 4) is 5.75 Å². The van der Waals surface area contributed by atoms with Gasteiger partial charge in [0.2, 0.25) is 0 Å². The SMILES string of the molecule is COc1cccnc1C(C)(O)C1(C)CC1. The summed E-state index contributed by atoms with van der Waals surface area (Å²) in [6, 6.07) is 3.65. The van der Waals surface area contributed by atoms with E-state index in [1.807, 2.05) is 19.1 Å². The van der Waals surface area contributed by atoms with Crippen molar-refractivity contribution in [2.24, 2.45) is 5.41 Å². The van der Waals surface area contributed by atoms with E-state index in [1.165, 1.54) is 0 Å². The molecule has 1 saturated carbocycles. The predicted molar refractivity (Wildman–Crippen MR) is 57.7 cm³/mol. The number of rotatable bonds is 3. The van der Waals surface area contributed by atoms with Gasteiger partial charge in [0.25, 0.3) is 0 Å². The van der Waals surface area contributed by atoms with Crippen molar-refractivity contribution >= 4 is 0 Å². The molecule has 0 amide bonds. The van der Waals surface area contributed by atoms with Gasteiger partial charge in [-0.2, -0.15) is 0 Å². The van der Waals surface area contributed by atoms with Crippen molar-refractivity contribution in [3.05, 3.63) is 24.0 Å². The molecule has 0 saturated heterocycles. The van der Waals surface area contributed by atoms with Crippen LogP contribution in [-0.2, 0) is 5.60 Å². The quantitative estimate of drug-likeness (QED) is 0.825. The summed E-state index contributed by atoms with van der Waals surface area (Å²) in [7, 11) is 1.60. The van der Waals surface area contributed by atoms with Crippen LogP contribution >= 0.6 is 0 Å². The van der Waals surface area contributed by atoms with Gasteiger partial charge in [-0.1, -0.05) is 6.92 Å². The first kappa shape index (κ1) is 10.4. The molecule has 0 bridgehead atoms. The number of hydrogen-bond donors (Lipinski definition) is 1. The highest BCUT2D eigenvalue weighted by molar-refractivity contribution is 5.34. The van der Waals surface area contributed by atoms with Gasteiger partial charge in [0, 0.05) is 11.6 Å². The molecule has 0 aromatic carbocycles. The van der Waals surface area contributed by atoms with E-state index in [0.29, 0.717) is 11.4 Å². The van der Waals surface area contributed by atoms with Crippen molar-refractivity contribution in [1.29, 1.82) is 0 Å². The minimum atomic E-state index is -0.903. The molecule has 1 atom stereocenters. The molecular weight excluding hydrogens is 190 g/mol. The number of aromatic nitrogens is 1. The molecule has 15 heavy (non-hydrogen) atoms. The standard InChI is InChI=1S/C12H17NO2/c1-11(6-7-11)12(2,14)10-9(15-3)5-4-8-13-10/h4-5,8,14H,6-7H2,1-3H3. The highest BCUT2D eigenvalue weighted by atomic mass is 16.5. The zero-order valence-corrected chi connectivity index (χ0v) is 9.45. The van der Waals surface area contributed by atoms with E-state index < -0.39 is 5.60 Å². The predicted octanol–water partition coefficient (Wildman–Crippen LogP) is 2.10. The molecule has 0 aliphatic heterocycles. The molecule has 1 fully saturated rings. The van der Waals surface area contributed by atoms with E-state index in [2.05, 4.69) is 11.9 Å². The van der Waals surface area contributed by atoms with Crippen LogP contribution in [0.4, 0.5) is 0 Å². The monoisotopic (exact) mass is 207 g/mol. The fourth-order valence-corrected chi connectivity index (χ4v) is 1.88. The Morgan fingerprint density at radius 1 is 1.53 bits per heavy atom. The van der Waals surface area contributed by atoms with Crippen molar-refractivity contribution < 1.29 is 9.84 Å². The Morgan fingerprint density at radius 3 is 2.73 bits per heavy atom. The zero-order chi connectivity index (χ0) is 11.1. The molecule has 1 N–H and O–H groups in total. The van der Waals surface area contributed by atoms with Crippen molar-refractivity contribution in [1.82, 2.24) is 4.98 Å². The van der Waals surface area contributed by atoms with E-state index in [1.54, 1.807) is 13.3 Å². The summed E-state index contributed by atoms with van der Waals surface area (Å²) < 4.78 is 5.23. The van der Waals surface area contributed by atoms with Gasteiger partial charge >= 0.3 is 0 Å². The summed E-state index contributed by atoms with van der Waals surface area (Å²) in [6.07, 6.45) is 3.78. The molecule has 3 heteroatoms. The Labute approximate surface area is 90.1 Å². The second-order valence-corrected chi connectivity index (χ2v) is 4.69. The van der Waals surface area contributed by atoms with E-state index in [9.17, 15) is 5.11 Å². The molecule has 1 aliphatic rings. The van der Waals surface area contributed by atoms with Crippen LogP contribution < -0.4 is 4.74 Å². The minimum Gasteiger partial charge on any atom is -0.495 e. The number of hydrogen-bond acceptors (Lipinski definition) is 3. The largest absolute Gasteiger partial charge is 0.495 e. The lowest BCUT2D eigenvalue weighted by Crippen LogP contribution is -2.32. The first-order valence-corrected chi connectivity index (χ1v) is 5.23. The summed E-state index contributed by atoms with van der Waals surface area (Å²) in [6.45, 7) is 3.91. The Bertz CT molecular complexity index is 370. The lowest BCUT2D eigenvalue weighted by molar-refractivity contribution is -0.0186. The van der Waals surface area contributed by atoms with Gasteiger partial charge in [0.15, 0.2) is 0 Å². The number of nitrogens with zero attached hydrogens (tertiary/aromatic N) is 1. The van der Waals surface area contributed by atoms with Crippen LogP contribution in [-0.4, -0.2) is 17.2 Å². The third-order valence-corrected chi connectivity index (χ3v) is 3.63. The smallest absolute Gasteiger partial charge is 0.143 e. The fraction of sp³-hybridized carbons (Fsp3) is 0.583. The lowest BCUT2D eigenvalue weighted by atomic mass is 9.84. The van der Waals surface area contributed by atoms with Crippen LogP contribution in [0.15, 0.2) is 18.3 Å². The Balaban J connectivity index is 2.44. The van der Waals surface area contributed by atoms with Crippen molar-refractivity contribution in [2.75, 3.05) is 7.11 Å². The van der Waals surface area contributed by atoms with Gasteiger partial charge in [-0.15, -0.1) is 0 Å². The van der Waals surface area contributed by atoms with Crippen LogP contribution in [0.2, 0.25) is 0 Å². The summed E-state index contributed by atoms with van der Waals surface area (Å²) in [5.74, 6) is 0.663. The van der Waals surface area contributed by atoms with Crippen LogP contribution in [0.5, 0.6) is 5.75 Å². The molecule has 82 valence electrons. The molecule has 1 aromatic rings. The topological polar surface area (TPSA) is 42.4 Å². The summed E-state index contributed by atoms with van der Waals surface area (Å²) in [5, 5.41) is 10.6. The third-order valence-electron chi connectivity index (χ3n) is 3.63. The first-order chi connectivity index (χ1) is 7.01. The molecule has 2 rings (SSSR count). The normalized spacial score (nSPS) is 21.9. The summed E-state index contributed by atoms with van der Waals surface area (Å²) in [5.41, 5.74) is -0.304. The number of pyridine rings is 1. The highest BCUT2D eigenvalue weighted by Gasteiger charge is 2.54. The first-order valence-electron chi connectivity index (χ1n) is 5.23.